The first-order chi connectivity index (χ1) is 19.0. The molecule has 40 heavy (non-hydrogen) atoms. The Balaban J connectivity index is 1.78. The van der Waals surface area contributed by atoms with Gasteiger partial charge in [0.05, 0.1) is 37.4 Å². The predicted octanol–water partition coefficient (Wildman–Crippen LogP) is -7.17. The van der Waals surface area contributed by atoms with Crippen LogP contribution in [0.2, 0.25) is 0 Å². The van der Waals surface area contributed by atoms with Crippen molar-refractivity contribution in [3.8, 4) is 0 Å². The molecule has 16 N–H and O–H groups in total. The molecule has 234 valence electrons. The Morgan fingerprint density at radius 2 is 1.65 bits per heavy atom. The minimum atomic E-state index is -1.56. The highest BCUT2D eigenvalue weighted by Gasteiger charge is 2.51. The van der Waals surface area contributed by atoms with E-state index >= 15 is 0 Å². The fraction of sp³-hybridized carbons (Fsp3) is 0.957. The molecule has 3 rings (SSSR count). The molecule has 17 heteroatoms. The number of nitrogens with two attached hydrogens (primary N) is 4. The van der Waals surface area contributed by atoms with Crippen LogP contribution < -0.4 is 33.6 Å². The lowest BCUT2D eigenvalue weighted by atomic mass is 9.83. The first-order valence-corrected chi connectivity index (χ1v) is 13.6. The van der Waals surface area contributed by atoms with E-state index < -0.39 is 92.0 Å². The van der Waals surface area contributed by atoms with Gasteiger partial charge in [0.2, 0.25) is 5.91 Å². The van der Waals surface area contributed by atoms with Crippen LogP contribution in [0.1, 0.15) is 19.3 Å². The summed E-state index contributed by atoms with van der Waals surface area (Å²) in [6.45, 7) is -0.171. The lowest BCUT2D eigenvalue weighted by Gasteiger charge is -2.48. The smallest absolute Gasteiger partial charge is 0.250 e. The molecule has 2 aliphatic heterocycles. The fourth-order valence-electron chi connectivity index (χ4n) is 5.16. The van der Waals surface area contributed by atoms with E-state index in [1.165, 1.54) is 0 Å². The molecule has 1 amide bonds. The molecule has 0 aromatic carbocycles. The second kappa shape index (κ2) is 15.4. The Kier molecular flexibility index (Phi) is 12.8. The summed E-state index contributed by atoms with van der Waals surface area (Å²) < 4.78 is 23.5. The zero-order valence-corrected chi connectivity index (χ0v) is 22.3. The maximum atomic E-state index is 12.5. The number of hydrogen-bond donors (Lipinski definition) is 12. The van der Waals surface area contributed by atoms with Gasteiger partial charge in [-0.1, -0.05) is 0 Å². The number of rotatable bonds is 12. The van der Waals surface area contributed by atoms with Crippen molar-refractivity contribution in [3.63, 3.8) is 0 Å². The van der Waals surface area contributed by atoms with Crippen molar-refractivity contribution in [2.75, 3.05) is 32.8 Å². The van der Waals surface area contributed by atoms with Crippen molar-refractivity contribution in [1.29, 1.82) is 0 Å². The average Bonchev–Trinajstić information content (AvgIpc) is 2.94. The van der Waals surface area contributed by atoms with E-state index in [4.69, 9.17) is 47.0 Å². The zero-order valence-electron chi connectivity index (χ0n) is 22.3. The van der Waals surface area contributed by atoms with Crippen molar-refractivity contribution in [3.05, 3.63) is 0 Å². The Bertz CT molecular complexity index is 788. The minimum Gasteiger partial charge on any atom is -0.395 e. The highest BCUT2D eigenvalue weighted by molar-refractivity contribution is 5.81. The van der Waals surface area contributed by atoms with E-state index in [1.807, 2.05) is 0 Å². The van der Waals surface area contributed by atoms with Crippen LogP contribution in [0.15, 0.2) is 0 Å². The standard InChI is InChI=1S/C23H46N6O11/c24-6-13(32)21(36)29-12-5-11(26)19(39-22-10(25)2-1-9(37-22)7-28-3-4-30)18(35)20(12)40-23-17(34)15(27)16(33)14(8-31)38-23/h9-20,22-23,28,30-35H,1-8,24-27H2,(H,29,36)/t9-,10?,11-,12+,13-,14?,15-,16?,17?,18?,19?,20?,22+,23+/m0/s1. The van der Waals surface area contributed by atoms with Crippen LogP contribution in [-0.4, -0.2) is 155 Å². The number of carbonyl (C=O) groups excluding carboxylic acids is 1. The summed E-state index contributed by atoms with van der Waals surface area (Å²) in [6.07, 6.45) is -11.1. The van der Waals surface area contributed by atoms with E-state index in [9.17, 15) is 30.3 Å². The van der Waals surface area contributed by atoms with Gasteiger partial charge in [0.15, 0.2) is 12.6 Å². The number of aliphatic hydroxyl groups is 6. The molecule has 0 aromatic heterocycles. The Morgan fingerprint density at radius 3 is 2.30 bits per heavy atom. The minimum absolute atomic E-state index is 0.000209. The van der Waals surface area contributed by atoms with E-state index in [2.05, 4.69) is 10.6 Å². The number of hydrogen-bond acceptors (Lipinski definition) is 16. The normalized spacial score (nSPS) is 43.3. The largest absolute Gasteiger partial charge is 0.395 e. The molecule has 17 nitrogen and oxygen atoms in total. The van der Waals surface area contributed by atoms with E-state index in [0.29, 0.717) is 25.9 Å². The molecule has 1 saturated carbocycles. The summed E-state index contributed by atoms with van der Waals surface area (Å²) in [5.41, 5.74) is 23.9. The summed E-state index contributed by atoms with van der Waals surface area (Å²) >= 11 is 0. The molecule has 2 saturated heterocycles. The number of amides is 1. The fourth-order valence-corrected chi connectivity index (χ4v) is 5.16. The van der Waals surface area contributed by atoms with Gasteiger partial charge in [0.25, 0.3) is 0 Å². The SMILES string of the molecule is NC[C@H](O)C(=O)N[C@@H]1C[C@H](N)C(O[C@H]2O[C@H](CNCCO)CCC2N)C(O)C1O[C@H]1OC(CO)C(O)[C@H](N)C1O. The van der Waals surface area contributed by atoms with Crippen molar-refractivity contribution < 1.29 is 54.4 Å². The van der Waals surface area contributed by atoms with Crippen LogP contribution in [0, 0.1) is 0 Å². The van der Waals surface area contributed by atoms with Crippen LogP contribution in [0.25, 0.3) is 0 Å². The summed E-state index contributed by atoms with van der Waals surface area (Å²) in [7, 11) is 0. The average molecular weight is 583 g/mol. The number of nitrogens with one attached hydrogen (secondary N) is 2. The molecule has 0 radical (unpaired) electrons. The predicted molar refractivity (Wildman–Crippen MR) is 137 cm³/mol. The van der Waals surface area contributed by atoms with Crippen molar-refractivity contribution in [2.45, 2.75) is 105 Å². The summed E-state index contributed by atoms with van der Waals surface area (Å²) in [4.78, 5) is 12.5. The monoisotopic (exact) mass is 582 g/mol. The van der Waals surface area contributed by atoms with Gasteiger partial charge in [-0.15, -0.1) is 0 Å². The molecular weight excluding hydrogens is 536 g/mol. The van der Waals surface area contributed by atoms with Crippen LogP contribution in [0.3, 0.4) is 0 Å². The molecule has 3 aliphatic rings. The Morgan fingerprint density at radius 1 is 0.950 bits per heavy atom. The number of ether oxygens (including phenoxy) is 4. The zero-order chi connectivity index (χ0) is 29.6. The number of aliphatic hydroxyl groups excluding tert-OH is 6. The third-order valence-electron chi connectivity index (χ3n) is 7.55. The molecule has 0 aromatic rings. The van der Waals surface area contributed by atoms with Gasteiger partial charge in [-0.3, -0.25) is 4.79 Å². The molecule has 0 bridgehead atoms. The maximum Gasteiger partial charge on any atom is 0.250 e. The van der Waals surface area contributed by atoms with Crippen molar-refractivity contribution >= 4 is 5.91 Å². The van der Waals surface area contributed by atoms with Crippen LogP contribution in [0.4, 0.5) is 0 Å². The van der Waals surface area contributed by atoms with Gasteiger partial charge < -0.3 is 83.2 Å². The van der Waals surface area contributed by atoms with Crippen LogP contribution in [-0.2, 0) is 23.7 Å². The number of carbonyl (C=O) groups is 1. The highest BCUT2D eigenvalue weighted by atomic mass is 16.7. The van der Waals surface area contributed by atoms with Gasteiger partial charge in [0.1, 0.15) is 42.7 Å². The lowest BCUT2D eigenvalue weighted by Crippen LogP contribution is -2.69. The van der Waals surface area contributed by atoms with Gasteiger partial charge >= 0.3 is 0 Å². The second-order valence-electron chi connectivity index (χ2n) is 10.5. The van der Waals surface area contributed by atoms with Gasteiger partial charge in [-0.2, -0.15) is 0 Å². The van der Waals surface area contributed by atoms with E-state index in [1.54, 1.807) is 0 Å². The molecule has 3 fully saturated rings. The third-order valence-corrected chi connectivity index (χ3v) is 7.55. The second-order valence-corrected chi connectivity index (χ2v) is 10.5. The van der Waals surface area contributed by atoms with Gasteiger partial charge in [-0.25, -0.2) is 0 Å². The topological polar surface area (TPSA) is 304 Å². The van der Waals surface area contributed by atoms with Gasteiger partial charge in [-0.05, 0) is 19.3 Å². The van der Waals surface area contributed by atoms with Gasteiger partial charge in [0, 0.05) is 25.7 Å². The summed E-state index contributed by atoms with van der Waals surface area (Å²) in [5, 5.41) is 66.3. The Labute approximate surface area is 232 Å². The molecule has 0 spiro atoms. The lowest BCUT2D eigenvalue weighted by molar-refractivity contribution is -0.314. The Hall–Kier alpha value is -1.13. The van der Waals surface area contributed by atoms with Crippen molar-refractivity contribution in [1.82, 2.24) is 10.6 Å². The third kappa shape index (κ3) is 8.03. The summed E-state index contributed by atoms with van der Waals surface area (Å²) in [6, 6.07) is -3.63. The molecule has 14 atom stereocenters. The van der Waals surface area contributed by atoms with Crippen molar-refractivity contribution in [2.24, 2.45) is 22.9 Å². The van der Waals surface area contributed by atoms with Crippen LogP contribution in [0.5, 0.6) is 0 Å². The van der Waals surface area contributed by atoms with Crippen LogP contribution >= 0.6 is 0 Å². The molecular formula is C23H46N6O11. The quantitative estimate of drug-likeness (QED) is 0.0951. The first kappa shape index (κ1) is 33.4. The highest BCUT2D eigenvalue weighted by Crippen LogP contribution is 2.31. The van der Waals surface area contributed by atoms with E-state index in [-0.39, 0.29) is 25.7 Å². The molecule has 2 heterocycles. The summed E-state index contributed by atoms with van der Waals surface area (Å²) in [5.74, 6) is -0.832. The molecule has 1 aliphatic carbocycles. The first-order valence-electron chi connectivity index (χ1n) is 13.6. The van der Waals surface area contributed by atoms with E-state index in [0.717, 1.165) is 0 Å². The molecule has 7 unspecified atom stereocenters. The maximum absolute atomic E-state index is 12.5.